The fourth-order valence-electron chi connectivity index (χ4n) is 12.9. The number of nitrogens with zero attached hydrogens (tertiary/aromatic N) is 2. The van der Waals surface area contributed by atoms with E-state index in [1.807, 2.05) is 0 Å². The summed E-state index contributed by atoms with van der Waals surface area (Å²) in [5.74, 6) is 1.15. The number of hydrogen-bond donors (Lipinski definition) is 0. The summed E-state index contributed by atoms with van der Waals surface area (Å²) in [4.78, 5) is 6.02. The lowest BCUT2D eigenvalue weighted by molar-refractivity contribution is 0.435. The van der Waals surface area contributed by atoms with Crippen molar-refractivity contribution >= 4 is 72.1 Å². The first kappa shape index (κ1) is 42.9. The van der Waals surface area contributed by atoms with Gasteiger partial charge in [0.25, 0.3) is 0 Å². The Morgan fingerprint density at radius 3 is 1.92 bits per heavy atom. The molecular weight excluding hydrogens is 901 g/mol. The number of hydrogen-bond acceptors (Lipinski definition) is 3. The van der Waals surface area contributed by atoms with E-state index in [2.05, 4.69) is 231 Å². The molecule has 2 aliphatic heterocycles. The number of para-hydroxylation sites is 2. The van der Waals surface area contributed by atoms with E-state index in [0.717, 1.165) is 104 Å². The van der Waals surface area contributed by atoms with Gasteiger partial charge >= 0.3 is 0 Å². The molecule has 5 heterocycles. The Balaban J connectivity index is 1.05. The van der Waals surface area contributed by atoms with Crippen LogP contribution < -0.4 is 0 Å². The van der Waals surface area contributed by atoms with Gasteiger partial charge in [0.2, 0.25) is 0 Å². The number of aryl methyl sites for hydroxylation is 1. The average Bonchev–Trinajstić information content (AvgIpc) is 4.14. The number of aliphatic imine (C=N–C) groups is 1. The van der Waals surface area contributed by atoms with Gasteiger partial charge in [-0.05, 0) is 107 Å². The summed E-state index contributed by atoms with van der Waals surface area (Å²) in [6.45, 7) is 4.70. The highest BCUT2D eigenvalue weighted by molar-refractivity contribution is 6.16. The fraction of sp³-hybridized carbons (Fsp3) is 0.129. The third-order valence-electron chi connectivity index (χ3n) is 16.7. The number of fused-ring (bicyclic) bond motifs is 16. The van der Waals surface area contributed by atoms with Gasteiger partial charge in [0, 0.05) is 72.9 Å². The molecule has 3 aliphatic rings. The molecular formula is C70H52N2O2. The molecule has 4 heteroatoms. The number of rotatable bonds is 4. The maximum atomic E-state index is 7.47. The predicted octanol–water partition coefficient (Wildman–Crippen LogP) is 18.6. The Hall–Kier alpha value is -8.73. The van der Waals surface area contributed by atoms with Crippen LogP contribution in [0, 0.1) is 11.8 Å². The fourth-order valence-corrected chi connectivity index (χ4v) is 12.9. The van der Waals surface area contributed by atoms with Crippen LogP contribution in [0.3, 0.4) is 0 Å². The molecule has 0 spiro atoms. The van der Waals surface area contributed by atoms with Crippen molar-refractivity contribution in [1.29, 1.82) is 0 Å². The van der Waals surface area contributed by atoms with Crippen LogP contribution in [0.25, 0.3) is 105 Å². The second-order valence-corrected chi connectivity index (χ2v) is 20.9. The summed E-state index contributed by atoms with van der Waals surface area (Å²) in [6.07, 6.45) is 8.01. The minimum Gasteiger partial charge on any atom is -0.460 e. The summed E-state index contributed by atoms with van der Waals surface area (Å²) in [5.41, 5.74) is 22.7. The molecule has 3 atom stereocenters. The van der Waals surface area contributed by atoms with Crippen molar-refractivity contribution in [2.24, 2.45) is 16.8 Å². The Labute approximate surface area is 430 Å². The molecule has 15 rings (SSSR count). The van der Waals surface area contributed by atoms with Crippen LogP contribution in [0.15, 0.2) is 226 Å². The Morgan fingerprint density at radius 1 is 0.500 bits per heavy atom. The molecule has 8 bridgehead atoms. The molecule has 1 aliphatic carbocycles. The van der Waals surface area contributed by atoms with Crippen molar-refractivity contribution in [2.75, 3.05) is 0 Å². The Bertz CT molecular complexity index is 4320. The Morgan fingerprint density at radius 2 is 1.16 bits per heavy atom. The van der Waals surface area contributed by atoms with Crippen LogP contribution >= 0.6 is 0 Å². The zero-order valence-electron chi connectivity index (χ0n) is 41.5. The minimum absolute atomic E-state index is 0.0307. The van der Waals surface area contributed by atoms with E-state index in [4.69, 9.17) is 13.8 Å². The normalized spacial score (nSPS) is 19.2. The van der Waals surface area contributed by atoms with E-state index in [1.54, 1.807) is 0 Å². The second kappa shape index (κ2) is 16.9. The first-order valence-corrected chi connectivity index (χ1v) is 26.3. The maximum Gasteiger partial charge on any atom is 0.143 e. The highest BCUT2D eigenvalue weighted by atomic mass is 16.3. The van der Waals surface area contributed by atoms with Crippen molar-refractivity contribution in [3.63, 3.8) is 0 Å². The first-order valence-electron chi connectivity index (χ1n) is 26.3. The highest BCUT2D eigenvalue weighted by Gasteiger charge is 2.33. The zero-order chi connectivity index (χ0) is 49.0. The van der Waals surface area contributed by atoms with Gasteiger partial charge in [0.15, 0.2) is 0 Å². The standard InChI is InChI=1S/C70H52N2O2/c1-42-43(2)66(48-20-10-5-11-21-48)71-67(49-31-29-47(30-32-49)45-16-6-3-7-17-45)51-36-44-28-34-53-60-38-50(46-18-8-4-9-19-46)33-35-63(60)72(64(53)37-44)52-40-61-54-22-12-13-27-65(54)73-70(61)62(41-52)58-26-15-24-56-55-23-14-25-57(59(42)39-51)68(55)74-69(56)58/h3-12,14-26,28-35,37-38,40-41,43,51,67H,13,27,36,39H2,1-2H3/b59-42-,71-66+. The summed E-state index contributed by atoms with van der Waals surface area (Å²) < 4.78 is 17.0. The summed E-state index contributed by atoms with van der Waals surface area (Å²) in [5, 5.41) is 5.79. The van der Waals surface area contributed by atoms with Gasteiger partial charge in [-0.25, -0.2) is 0 Å². The quantitative estimate of drug-likeness (QED) is 0.176. The van der Waals surface area contributed by atoms with E-state index in [0.29, 0.717) is 0 Å². The molecule has 0 fully saturated rings. The average molecular weight is 953 g/mol. The number of benzene rings is 9. The van der Waals surface area contributed by atoms with Gasteiger partial charge < -0.3 is 13.4 Å². The lowest BCUT2D eigenvalue weighted by Crippen LogP contribution is -2.24. The van der Waals surface area contributed by atoms with Crippen molar-refractivity contribution in [2.45, 2.75) is 45.6 Å². The van der Waals surface area contributed by atoms with Gasteiger partial charge in [-0.15, -0.1) is 0 Å². The van der Waals surface area contributed by atoms with E-state index < -0.39 is 0 Å². The number of aromatic nitrogens is 1. The smallest absolute Gasteiger partial charge is 0.143 e. The molecule has 0 radical (unpaired) electrons. The van der Waals surface area contributed by atoms with Crippen LogP contribution in [0.4, 0.5) is 0 Å². The SMILES string of the molecule is C/C1=C2\CC(Cc3ccc4c5cc(-c6ccccc6)ccc5n(c4c3)-c3cc(c4oc5c(c4c3)C=CCC5)-c3cccc4c3oc3c2cccc34)C(c2ccc(-c3ccccc3)cc2)/N=C(/c2ccccc2)C1C. The van der Waals surface area contributed by atoms with Crippen molar-refractivity contribution in [3.8, 4) is 39.1 Å². The van der Waals surface area contributed by atoms with Crippen LogP contribution in [0.2, 0.25) is 0 Å². The molecule has 3 unspecified atom stereocenters. The molecule has 354 valence electrons. The summed E-state index contributed by atoms with van der Waals surface area (Å²) in [7, 11) is 0. The maximum absolute atomic E-state index is 7.47. The monoisotopic (exact) mass is 952 g/mol. The van der Waals surface area contributed by atoms with Crippen LogP contribution in [-0.2, 0) is 12.8 Å². The molecule has 12 aromatic rings. The van der Waals surface area contributed by atoms with Crippen LogP contribution in [0.1, 0.15) is 66.3 Å². The molecule has 3 aromatic heterocycles. The molecule has 0 saturated carbocycles. The molecule has 0 amide bonds. The minimum atomic E-state index is -0.152. The van der Waals surface area contributed by atoms with Gasteiger partial charge in [0.1, 0.15) is 22.5 Å². The van der Waals surface area contributed by atoms with E-state index in [-0.39, 0.29) is 17.9 Å². The topological polar surface area (TPSA) is 43.6 Å². The molecule has 0 N–H and O–H groups in total. The van der Waals surface area contributed by atoms with Gasteiger partial charge in [0.05, 0.1) is 17.1 Å². The summed E-state index contributed by atoms with van der Waals surface area (Å²) >= 11 is 0. The van der Waals surface area contributed by atoms with E-state index >= 15 is 0 Å². The van der Waals surface area contributed by atoms with E-state index in [1.165, 1.54) is 66.4 Å². The second-order valence-electron chi connectivity index (χ2n) is 20.9. The summed E-state index contributed by atoms with van der Waals surface area (Å²) in [6, 6.07) is 73.9. The third kappa shape index (κ3) is 6.78. The van der Waals surface area contributed by atoms with Crippen LogP contribution in [-0.4, -0.2) is 10.3 Å². The lowest BCUT2D eigenvalue weighted by Gasteiger charge is -2.33. The lowest BCUT2D eigenvalue weighted by atomic mass is 9.76. The zero-order valence-corrected chi connectivity index (χ0v) is 41.5. The largest absolute Gasteiger partial charge is 0.460 e. The van der Waals surface area contributed by atoms with E-state index in [9.17, 15) is 0 Å². The molecule has 74 heavy (non-hydrogen) atoms. The van der Waals surface area contributed by atoms with Crippen LogP contribution in [0.5, 0.6) is 0 Å². The predicted molar refractivity (Wildman–Crippen MR) is 307 cm³/mol. The molecule has 4 nitrogen and oxygen atoms in total. The number of allylic oxidation sites excluding steroid dienone is 3. The van der Waals surface area contributed by atoms with Crippen molar-refractivity contribution < 1.29 is 8.83 Å². The number of furan rings is 2. The highest BCUT2D eigenvalue weighted by Crippen LogP contribution is 2.49. The van der Waals surface area contributed by atoms with Crippen molar-refractivity contribution in [3.05, 3.63) is 245 Å². The third-order valence-corrected chi connectivity index (χ3v) is 16.7. The van der Waals surface area contributed by atoms with Gasteiger partial charge in [-0.3, -0.25) is 4.99 Å². The first-order chi connectivity index (χ1) is 36.5. The van der Waals surface area contributed by atoms with Gasteiger partial charge in [-0.2, -0.15) is 0 Å². The molecule has 9 aromatic carbocycles. The Kier molecular flexibility index (Phi) is 9.82. The molecule has 0 saturated heterocycles. The van der Waals surface area contributed by atoms with Crippen molar-refractivity contribution in [1.82, 2.24) is 4.57 Å². The van der Waals surface area contributed by atoms with Gasteiger partial charge in [-0.1, -0.05) is 195 Å².